The summed E-state index contributed by atoms with van der Waals surface area (Å²) in [5.41, 5.74) is 0.254. The van der Waals surface area contributed by atoms with Crippen molar-refractivity contribution in [3.8, 4) is 0 Å². The van der Waals surface area contributed by atoms with Crippen molar-refractivity contribution >= 4 is 69.9 Å². The van der Waals surface area contributed by atoms with Crippen LogP contribution in [0.4, 0.5) is 22.7 Å². The van der Waals surface area contributed by atoms with Crippen LogP contribution in [-0.2, 0) is 19.2 Å². The lowest BCUT2D eigenvalue weighted by molar-refractivity contribution is -0.385. The Balaban J connectivity index is 1.30. The molecule has 40 heavy (non-hydrogen) atoms. The Morgan fingerprint density at radius 1 is 0.625 bits per heavy atom. The van der Waals surface area contributed by atoms with Gasteiger partial charge in [0.1, 0.15) is 0 Å². The van der Waals surface area contributed by atoms with Crippen molar-refractivity contribution in [2.24, 2.45) is 0 Å². The molecule has 0 unspecified atom stereocenters. The van der Waals surface area contributed by atoms with Crippen molar-refractivity contribution in [2.45, 2.75) is 33.1 Å². The minimum Gasteiger partial charge on any atom is -0.274 e. The number of imide groups is 2. The lowest BCUT2D eigenvalue weighted by Crippen LogP contribution is -2.33. The molecule has 0 spiro atoms. The second-order valence-electron chi connectivity index (χ2n) is 8.78. The summed E-state index contributed by atoms with van der Waals surface area (Å²) in [5, 5.41) is 20.3. The Labute approximate surface area is 234 Å². The highest BCUT2D eigenvalue weighted by Gasteiger charge is 2.42. The molecule has 0 N–H and O–H groups in total. The van der Waals surface area contributed by atoms with Gasteiger partial charge in [-0.3, -0.25) is 39.4 Å². The SMILES string of the molecule is O=C1C[C@H](Sc2ccc([N+](=O)[O-])cc2)C(=O)N1c1cccc(N2C(=O)C[C@H](Sc3ccc([N+](=O)[O-])cc3)C2=O)c1. The molecule has 0 radical (unpaired) electrons. The lowest BCUT2D eigenvalue weighted by Gasteiger charge is -2.19. The number of nitro benzene ring substituents is 2. The van der Waals surface area contributed by atoms with E-state index in [4.69, 9.17) is 0 Å². The number of carbonyl (C=O) groups is 4. The molecule has 2 atom stereocenters. The monoisotopic (exact) mass is 578 g/mol. The number of benzene rings is 3. The van der Waals surface area contributed by atoms with E-state index < -0.39 is 44.0 Å². The van der Waals surface area contributed by atoms with Crippen LogP contribution in [0.15, 0.2) is 82.6 Å². The molecule has 2 saturated heterocycles. The maximum atomic E-state index is 13.2. The van der Waals surface area contributed by atoms with Crippen molar-refractivity contribution in [1.29, 1.82) is 0 Å². The molecule has 2 heterocycles. The number of non-ortho nitro benzene ring substituents is 2. The Kier molecular flexibility index (Phi) is 7.36. The van der Waals surface area contributed by atoms with Crippen molar-refractivity contribution in [2.75, 3.05) is 9.80 Å². The zero-order chi connectivity index (χ0) is 28.6. The minimum atomic E-state index is -0.741. The van der Waals surface area contributed by atoms with Crippen LogP contribution in [0.25, 0.3) is 0 Å². The molecule has 2 aliphatic rings. The van der Waals surface area contributed by atoms with Gasteiger partial charge >= 0.3 is 0 Å². The van der Waals surface area contributed by atoms with Crippen LogP contribution in [0.1, 0.15) is 12.8 Å². The number of amides is 4. The van der Waals surface area contributed by atoms with E-state index in [9.17, 15) is 39.4 Å². The van der Waals surface area contributed by atoms with Gasteiger partial charge in [-0.05, 0) is 42.5 Å². The average molecular weight is 579 g/mol. The van der Waals surface area contributed by atoms with Crippen LogP contribution in [-0.4, -0.2) is 44.0 Å². The third kappa shape index (κ3) is 5.31. The fourth-order valence-corrected chi connectivity index (χ4v) is 6.44. The molecule has 4 amide bonds. The highest BCUT2D eigenvalue weighted by molar-refractivity contribution is 8.01. The van der Waals surface area contributed by atoms with Crippen molar-refractivity contribution in [1.82, 2.24) is 0 Å². The first-order valence-electron chi connectivity index (χ1n) is 11.8. The number of carbonyl (C=O) groups excluding carboxylic acids is 4. The van der Waals surface area contributed by atoms with Crippen LogP contribution < -0.4 is 9.80 Å². The summed E-state index contributed by atoms with van der Waals surface area (Å²) in [6, 6.07) is 17.4. The summed E-state index contributed by atoms with van der Waals surface area (Å²) in [4.78, 5) is 75.9. The smallest absolute Gasteiger partial charge is 0.269 e. The zero-order valence-corrected chi connectivity index (χ0v) is 22.0. The topological polar surface area (TPSA) is 161 Å². The van der Waals surface area contributed by atoms with Crippen molar-refractivity contribution in [3.05, 3.63) is 93.0 Å². The molecule has 2 fully saturated rings. The van der Waals surface area contributed by atoms with Gasteiger partial charge in [0.05, 0.1) is 31.7 Å². The van der Waals surface area contributed by atoms with Crippen LogP contribution >= 0.6 is 23.5 Å². The van der Waals surface area contributed by atoms with E-state index in [-0.39, 0.29) is 35.6 Å². The zero-order valence-electron chi connectivity index (χ0n) is 20.4. The first kappa shape index (κ1) is 27.0. The van der Waals surface area contributed by atoms with Crippen molar-refractivity contribution in [3.63, 3.8) is 0 Å². The van der Waals surface area contributed by atoms with Gasteiger partial charge in [0.15, 0.2) is 0 Å². The van der Waals surface area contributed by atoms with E-state index >= 15 is 0 Å². The van der Waals surface area contributed by atoms with Crippen LogP contribution in [0.3, 0.4) is 0 Å². The Morgan fingerprint density at radius 3 is 1.35 bits per heavy atom. The van der Waals surface area contributed by atoms with E-state index in [0.717, 1.165) is 33.3 Å². The third-order valence-corrected chi connectivity index (χ3v) is 8.60. The van der Waals surface area contributed by atoms with E-state index in [1.807, 2.05) is 0 Å². The number of rotatable bonds is 8. The molecule has 3 aromatic rings. The number of thioether (sulfide) groups is 2. The van der Waals surface area contributed by atoms with Crippen LogP contribution in [0.2, 0.25) is 0 Å². The Bertz CT molecular complexity index is 1450. The largest absolute Gasteiger partial charge is 0.274 e. The molecule has 2 aliphatic heterocycles. The number of nitro groups is 2. The molecule has 3 aromatic carbocycles. The molecule has 0 bridgehead atoms. The third-order valence-electron chi connectivity index (χ3n) is 6.21. The fourth-order valence-electron chi connectivity index (χ4n) is 4.33. The Morgan fingerprint density at radius 2 is 1.00 bits per heavy atom. The number of hydrogen-bond acceptors (Lipinski definition) is 10. The highest BCUT2D eigenvalue weighted by atomic mass is 32.2. The van der Waals surface area contributed by atoms with Crippen molar-refractivity contribution < 1.29 is 29.0 Å². The second-order valence-corrected chi connectivity index (χ2v) is 11.3. The van der Waals surface area contributed by atoms with Gasteiger partial charge in [0, 0.05) is 46.9 Å². The molecule has 0 saturated carbocycles. The van der Waals surface area contributed by atoms with E-state index in [0.29, 0.717) is 9.79 Å². The molecule has 12 nitrogen and oxygen atoms in total. The van der Waals surface area contributed by atoms with E-state index in [1.165, 1.54) is 66.7 Å². The fraction of sp³-hybridized carbons (Fsp3) is 0.154. The summed E-state index contributed by atoms with van der Waals surface area (Å²) >= 11 is 2.24. The molecule has 5 rings (SSSR count). The van der Waals surface area contributed by atoms with Crippen LogP contribution in [0, 0.1) is 20.2 Å². The normalized spacial score (nSPS) is 19.0. The minimum absolute atomic E-state index is 0.0831. The Hall–Kier alpha value is -4.56. The predicted octanol–water partition coefficient (Wildman–Crippen LogP) is 4.35. The molecular formula is C26H18N4O8S2. The van der Waals surface area contributed by atoms with Gasteiger partial charge in [0.2, 0.25) is 23.6 Å². The summed E-state index contributed by atoms with van der Waals surface area (Å²) in [7, 11) is 0. The standard InChI is InChI=1S/C26H18N4O8S2/c31-23-13-21(39-19-8-4-15(5-9-19)29(35)36)25(33)27(23)17-2-1-3-18(12-17)28-24(32)14-22(26(28)34)40-20-10-6-16(7-11-20)30(37)38/h1-12,21-22H,13-14H2/t21-,22-/m0/s1. The number of anilines is 2. The average Bonchev–Trinajstić information content (AvgIpc) is 3.37. The maximum absolute atomic E-state index is 13.2. The number of hydrogen-bond donors (Lipinski definition) is 0. The summed E-state index contributed by atoms with van der Waals surface area (Å²) < 4.78 is 0. The predicted molar refractivity (Wildman–Crippen MR) is 146 cm³/mol. The number of nitrogens with zero attached hydrogens (tertiary/aromatic N) is 4. The lowest BCUT2D eigenvalue weighted by atomic mass is 10.2. The highest BCUT2D eigenvalue weighted by Crippen LogP contribution is 2.38. The molecule has 202 valence electrons. The van der Waals surface area contributed by atoms with E-state index in [1.54, 1.807) is 6.07 Å². The van der Waals surface area contributed by atoms with Gasteiger partial charge in [-0.25, -0.2) is 9.80 Å². The van der Waals surface area contributed by atoms with Gasteiger partial charge in [-0.2, -0.15) is 0 Å². The first-order chi connectivity index (χ1) is 19.1. The maximum Gasteiger partial charge on any atom is 0.269 e. The summed E-state index contributed by atoms with van der Waals surface area (Å²) in [6.07, 6.45) is -0.166. The second kappa shape index (κ2) is 10.9. The summed E-state index contributed by atoms with van der Waals surface area (Å²) in [5.74, 6) is -1.85. The van der Waals surface area contributed by atoms with E-state index in [2.05, 4.69) is 0 Å². The first-order valence-corrected chi connectivity index (χ1v) is 13.5. The molecular weight excluding hydrogens is 560 g/mol. The van der Waals surface area contributed by atoms with Gasteiger partial charge < -0.3 is 0 Å². The summed E-state index contributed by atoms with van der Waals surface area (Å²) in [6.45, 7) is 0. The van der Waals surface area contributed by atoms with Gasteiger partial charge in [-0.1, -0.05) is 6.07 Å². The van der Waals surface area contributed by atoms with Gasteiger partial charge in [0.25, 0.3) is 11.4 Å². The molecule has 0 aliphatic carbocycles. The van der Waals surface area contributed by atoms with Gasteiger partial charge in [-0.15, -0.1) is 23.5 Å². The molecule has 0 aromatic heterocycles. The quantitative estimate of drug-likeness (QED) is 0.213. The molecule has 14 heteroatoms. The van der Waals surface area contributed by atoms with Crippen LogP contribution in [0.5, 0.6) is 0 Å².